The van der Waals surface area contributed by atoms with Crippen molar-refractivity contribution in [1.82, 2.24) is 24.7 Å². The normalized spacial score (nSPS) is 12.4. The van der Waals surface area contributed by atoms with Gasteiger partial charge in [-0.2, -0.15) is 20.1 Å². The number of hydrogen-bond acceptors (Lipinski definition) is 6. The van der Waals surface area contributed by atoms with Gasteiger partial charge in [-0.15, -0.1) is 0 Å². The van der Waals surface area contributed by atoms with Crippen LogP contribution in [0, 0.1) is 5.92 Å². The minimum atomic E-state index is 0.275. The number of nitrogens with zero attached hydrogens (tertiary/aromatic N) is 5. The Morgan fingerprint density at radius 2 is 1.90 bits per heavy atom. The molecule has 0 aliphatic carbocycles. The van der Waals surface area contributed by atoms with Gasteiger partial charge in [-0.05, 0) is 25.3 Å². The van der Waals surface area contributed by atoms with E-state index in [1.54, 1.807) is 10.9 Å². The second-order valence-electron chi connectivity index (χ2n) is 5.34. The molecular weight excluding hydrogens is 266 g/mol. The van der Waals surface area contributed by atoms with Crippen LogP contribution < -0.4 is 10.6 Å². The molecule has 0 fully saturated rings. The van der Waals surface area contributed by atoms with Crippen LogP contribution in [0.25, 0.3) is 5.95 Å². The maximum Gasteiger partial charge on any atom is 0.257 e. The van der Waals surface area contributed by atoms with Crippen LogP contribution in [0.1, 0.15) is 34.1 Å². The Kier molecular flexibility index (Phi) is 5.08. The molecule has 1 atom stereocenters. The molecule has 2 N–H and O–H groups in total. The molecule has 0 saturated heterocycles. The number of rotatable bonds is 7. The molecule has 0 aromatic carbocycles. The van der Waals surface area contributed by atoms with Gasteiger partial charge in [0.1, 0.15) is 0 Å². The zero-order chi connectivity index (χ0) is 15.2. The van der Waals surface area contributed by atoms with Gasteiger partial charge in [0.25, 0.3) is 5.95 Å². The van der Waals surface area contributed by atoms with E-state index in [2.05, 4.69) is 58.4 Å². The fraction of sp³-hybridized carbons (Fsp3) is 0.571. The van der Waals surface area contributed by atoms with E-state index in [4.69, 9.17) is 0 Å². The van der Waals surface area contributed by atoms with Gasteiger partial charge in [-0.1, -0.05) is 20.8 Å². The molecule has 1 unspecified atom stereocenters. The lowest BCUT2D eigenvalue weighted by atomic mass is 10.1. The highest BCUT2D eigenvalue weighted by molar-refractivity contribution is 5.38. The van der Waals surface area contributed by atoms with Crippen LogP contribution in [0.15, 0.2) is 18.5 Å². The first-order valence-corrected chi connectivity index (χ1v) is 7.36. The SMILES string of the molecule is CCCNc1nc(NC(C)C(C)C)nc(-n2cccn2)n1. The molecular formula is C14H23N7. The zero-order valence-corrected chi connectivity index (χ0v) is 13.0. The quantitative estimate of drug-likeness (QED) is 0.814. The van der Waals surface area contributed by atoms with Crippen LogP contribution in [0.2, 0.25) is 0 Å². The highest BCUT2D eigenvalue weighted by Crippen LogP contribution is 2.12. The predicted molar refractivity (Wildman–Crippen MR) is 83.7 cm³/mol. The van der Waals surface area contributed by atoms with Gasteiger partial charge in [-0.3, -0.25) is 0 Å². The standard InChI is InChI=1S/C14H23N7/c1-5-7-15-12-18-13(17-11(4)10(2)3)20-14(19-12)21-9-6-8-16-21/h6,8-11H,5,7H2,1-4H3,(H2,15,17,18,19,20). The lowest BCUT2D eigenvalue weighted by molar-refractivity contribution is 0.555. The first kappa shape index (κ1) is 15.2. The molecule has 0 saturated carbocycles. The molecule has 7 heteroatoms. The molecule has 0 aliphatic heterocycles. The summed E-state index contributed by atoms with van der Waals surface area (Å²) in [5, 5.41) is 10.7. The van der Waals surface area contributed by atoms with E-state index in [0.717, 1.165) is 13.0 Å². The summed E-state index contributed by atoms with van der Waals surface area (Å²) in [6, 6.07) is 2.11. The average molecular weight is 289 g/mol. The van der Waals surface area contributed by atoms with Crippen molar-refractivity contribution >= 4 is 11.9 Å². The Balaban J connectivity index is 2.28. The van der Waals surface area contributed by atoms with Gasteiger partial charge in [0, 0.05) is 25.0 Å². The van der Waals surface area contributed by atoms with Crippen molar-refractivity contribution in [2.24, 2.45) is 5.92 Å². The monoisotopic (exact) mass is 289 g/mol. The van der Waals surface area contributed by atoms with E-state index in [1.807, 2.05) is 12.3 Å². The fourth-order valence-corrected chi connectivity index (χ4v) is 1.61. The lowest BCUT2D eigenvalue weighted by Gasteiger charge is -2.18. The van der Waals surface area contributed by atoms with E-state index in [0.29, 0.717) is 23.8 Å². The molecule has 0 spiro atoms. The number of anilines is 2. The van der Waals surface area contributed by atoms with E-state index in [1.165, 1.54) is 0 Å². The molecule has 0 bridgehead atoms. The summed E-state index contributed by atoms with van der Waals surface area (Å²) in [5.41, 5.74) is 0. The molecule has 2 aromatic rings. The molecule has 114 valence electrons. The Morgan fingerprint density at radius 1 is 1.14 bits per heavy atom. The van der Waals surface area contributed by atoms with Crippen molar-refractivity contribution < 1.29 is 0 Å². The van der Waals surface area contributed by atoms with Gasteiger partial charge in [-0.25, -0.2) is 4.68 Å². The van der Waals surface area contributed by atoms with E-state index < -0.39 is 0 Å². The van der Waals surface area contributed by atoms with Gasteiger partial charge in [0.2, 0.25) is 11.9 Å². The summed E-state index contributed by atoms with van der Waals surface area (Å²) < 4.78 is 1.63. The second kappa shape index (κ2) is 7.01. The van der Waals surface area contributed by atoms with Crippen LogP contribution in [0.4, 0.5) is 11.9 Å². The Bertz CT molecular complexity index is 550. The van der Waals surface area contributed by atoms with Gasteiger partial charge in [0.05, 0.1) is 0 Å². The summed E-state index contributed by atoms with van der Waals surface area (Å²) in [6.07, 6.45) is 4.52. The minimum absolute atomic E-state index is 0.275. The summed E-state index contributed by atoms with van der Waals surface area (Å²) >= 11 is 0. The van der Waals surface area contributed by atoms with Crippen LogP contribution in [0.5, 0.6) is 0 Å². The minimum Gasteiger partial charge on any atom is -0.354 e. The van der Waals surface area contributed by atoms with Gasteiger partial charge < -0.3 is 10.6 Å². The summed E-state index contributed by atoms with van der Waals surface area (Å²) in [4.78, 5) is 13.2. The topological polar surface area (TPSA) is 80.5 Å². The molecule has 2 rings (SSSR count). The highest BCUT2D eigenvalue weighted by atomic mass is 15.4. The smallest absolute Gasteiger partial charge is 0.257 e. The van der Waals surface area contributed by atoms with Gasteiger partial charge in [0.15, 0.2) is 0 Å². The van der Waals surface area contributed by atoms with Crippen molar-refractivity contribution in [2.75, 3.05) is 17.2 Å². The van der Waals surface area contributed by atoms with Crippen LogP contribution in [0.3, 0.4) is 0 Å². The van der Waals surface area contributed by atoms with Crippen LogP contribution >= 0.6 is 0 Å². The third kappa shape index (κ3) is 4.14. The lowest BCUT2D eigenvalue weighted by Crippen LogP contribution is -2.24. The van der Waals surface area contributed by atoms with Crippen molar-refractivity contribution in [3.05, 3.63) is 18.5 Å². The highest BCUT2D eigenvalue weighted by Gasteiger charge is 2.12. The van der Waals surface area contributed by atoms with Crippen molar-refractivity contribution in [1.29, 1.82) is 0 Å². The second-order valence-corrected chi connectivity index (χ2v) is 5.34. The van der Waals surface area contributed by atoms with Crippen LogP contribution in [-0.4, -0.2) is 37.3 Å². The Hall–Kier alpha value is -2.18. The first-order chi connectivity index (χ1) is 10.1. The summed E-state index contributed by atoms with van der Waals surface area (Å²) in [7, 11) is 0. The maximum absolute atomic E-state index is 4.43. The third-order valence-electron chi connectivity index (χ3n) is 3.22. The number of hydrogen-bond donors (Lipinski definition) is 2. The van der Waals surface area contributed by atoms with Gasteiger partial charge >= 0.3 is 0 Å². The van der Waals surface area contributed by atoms with Crippen molar-refractivity contribution in [2.45, 2.75) is 40.2 Å². The summed E-state index contributed by atoms with van der Waals surface area (Å²) in [5.74, 6) is 2.13. The largest absolute Gasteiger partial charge is 0.354 e. The molecule has 0 radical (unpaired) electrons. The molecule has 21 heavy (non-hydrogen) atoms. The van der Waals surface area contributed by atoms with E-state index >= 15 is 0 Å². The third-order valence-corrected chi connectivity index (χ3v) is 3.22. The summed E-state index contributed by atoms with van der Waals surface area (Å²) in [6.45, 7) is 9.35. The number of aromatic nitrogens is 5. The van der Waals surface area contributed by atoms with Crippen molar-refractivity contribution in [3.63, 3.8) is 0 Å². The predicted octanol–water partition coefficient (Wildman–Crippen LogP) is 2.34. The average Bonchev–Trinajstić information content (AvgIpc) is 2.99. The van der Waals surface area contributed by atoms with Crippen molar-refractivity contribution in [3.8, 4) is 5.95 Å². The first-order valence-electron chi connectivity index (χ1n) is 7.36. The Labute approximate surface area is 125 Å². The van der Waals surface area contributed by atoms with Crippen LogP contribution in [-0.2, 0) is 0 Å². The fourth-order valence-electron chi connectivity index (χ4n) is 1.61. The molecule has 2 aromatic heterocycles. The Morgan fingerprint density at radius 3 is 2.52 bits per heavy atom. The van der Waals surface area contributed by atoms with E-state index in [-0.39, 0.29) is 6.04 Å². The molecule has 2 heterocycles. The van der Waals surface area contributed by atoms with E-state index in [9.17, 15) is 0 Å². The maximum atomic E-state index is 4.43. The number of nitrogens with one attached hydrogen (secondary N) is 2. The molecule has 0 amide bonds. The molecule has 7 nitrogen and oxygen atoms in total. The molecule has 0 aliphatic rings. The zero-order valence-electron chi connectivity index (χ0n) is 13.0.